The van der Waals surface area contributed by atoms with Crippen molar-refractivity contribution in [1.29, 1.82) is 0 Å². The molecule has 2 heterocycles. The van der Waals surface area contributed by atoms with Crippen molar-refractivity contribution < 1.29 is 4.79 Å². The number of benzene rings is 2. The van der Waals surface area contributed by atoms with Crippen LogP contribution in [-0.2, 0) is 11.2 Å². The highest BCUT2D eigenvalue weighted by Gasteiger charge is 2.24. The van der Waals surface area contributed by atoms with E-state index in [1.807, 2.05) is 36.1 Å². The summed E-state index contributed by atoms with van der Waals surface area (Å²) in [4.78, 5) is 26.6. The lowest BCUT2D eigenvalue weighted by Gasteiger charge is -2.36. The normalized spacial score (nSPS) is 14.0. The maximum Gasteiger partial charge on any atom is 0.223 e. The molecule has 1 fully saturated rings. The van der Waals surface area contributed by atoms with E-state index in [-0.39, 0.29) is 5.91 Å². The van der Waals surface area contributed by atoms with Gasteiger partial charge in [0.15, 0.2) is 5.82 Å². The van der Waals surface area contributed by atoms with Gasteiger partial charge >= 0.3 is 0 Å². The third kappa shape index (κ3) is 4.93. The highest BCUT2D eigenvalue weighted by Crippen LogP contribution is 2.26. The van der Waals surface area contributed by atoms with Crippen LogP contribution in [0.2, 0.25) is 0 Å². The van der Waals surface area contributed by atoms with E-state index in [4.69, 9.17) is 9.97 Å². The minimum Gasteiger partial charge on any atom is -0.353 e. The molecule has 31 heavy (non-hydrogen) atoms. The van der Waals surface area contributed by atoms with Crippen LogP contribution < -0.4 is 4.90 Å². The van der Waals surface area contributed by atoms with Crippen molar-refractivity contribution in [2.45, 2.75) is 33.6 Å². The third-order valence-corrected chi connectivity index (χ3v) is 6.04. The van der Waals surface area contributed by atoms with Gasteiger partial charge in [0.1, 0.15) is 5.82 Å². The van der Waals surface area contributed by atoms with Crippen LogP contribution >= 0.6 is 0 Å². The van der Waals surface area contributed by atoms with Crippen LogP contribution in [0.25, 0.3) is 11.4 Å². The van der Waals surface area contributed by atoms with Crippen LogP contribution in [-0.4, -0.2) is 47.0 Å². The summed E-state index contributed by atoms with van der Waals surface area (Å²) in [6.45, 7) is 9.26. The molecule has 0 N–H and O–H groups in total. The number of carbonyl (C=O) groups is 1. The second-order valence-corrected chi connectivity index (χ2v) is 8.30. The Morgan fingerprint density at radius 3 is 2.35 bits per heavy atom. The average molecular weight is 415 g/mol. The Kier molecular flexibility index (Phi) is 6.31. The number of carbonyl (C=O) groups excluding carboxylic acids is 1. The summed E-state index contributed by atoms with van der Waals surface area (Å²) >= 11 is 0. The predicted octanol–water partition coefficient (Wildman–Crippen LogP) is 4.35. The van der Waals surface area contributed by atoms with Crippen molar-refractivity contribution >= 4 is 11.7 Å². The Balaban J connectivity index is 1.43. The summed E-state index contributed by atoms with van der Waals surface area (Å²) in [5, 5.41) is 0. The van der Waals surface area contributed by atoms with Crippen LogP contribution in [0.5, 0.6) is 0 Å². The Morgan fingerprint density at radius 2 is 1.65 bits per heavy atom. The molecule has 2 aromatic carbocycles. The van der Waals surface area contributed by atoms with E-state index in [9.17, 15) is 4.79 Å². The fraction of sp³-hybridized carbons (Fsp3) is 0.346. The number of anilines is 1. The van der Waals surface area contributed by atoms with Crippen LogP contribution in [0.1, 0.15) is 28.8 Å². The van der Waals surface area contributed by atoms with E-state index in [0.717, 1.165) is 61.1 Å². The molecule has 3 aromatic rings. The largest absolute Gasteiger partial charge is 0.353 e. The van der Waals surface area contributed by atoms with Crippen molar-refractivity contribution in [3.8, 4) is 11.4 Å². The molecule has 5 heteroatoms. The third-order valence-electron chi connectivity index (χ3n) is 6.04. The fourth-order valence-electron chi connectivity index (χ4n) is 4.06. The van der Waals surface area contributed by atoms with E-state index in [1.54, 1.807) is 0 Å². The predicted molar refractivity (Wildman–Crippen MR) is 125 cm³/mol. The average Bonchev–Trinajstić information content (AvgIpc) is 2.80. The molecule has 1 saturated heterocycles. The van der Waals surface area contributed by atoms with Gasteiger partial charge < -0.3 is 9.80 Å². The Labute approximate surface area is 184 Å². The summed E-state index contributed by atoms with van der Waals surface area (Å²) in [6, 6.07) is 18.5. The molecule has 1 aliphatic heterocycles. The minimum atomic E-state index is 0.236. The molecule has 0 unspecified atom stereocenters. The van der Waals surface area contributed by atoms with E-state index in [0.29, 0.717) is 6.42 Å². The number of hydrogen-bond acceptors (Lipinski definition) is 4. The molecular weight excluding hydrogens is 384 g/mol. The molecule has 0 saturated carbocycles. The lowest BCUT2D eigenvalue weighted by molar-refractivity contribution is -0.131. The van der Waals surface area contributed by atoms with E-state index < -0.39 is 0 Å². The van der Waals surface area contributed by atoms with E-state index in [2.05, 4.69) is 49.1 Å². The Bertz CT molecular complexity index is 1060. The number of aromatic nitrogens is 2. The molecule has 0 radical (unpaired) electrons. The minimum absolute atomic E-state index is 0.236. The maximum absolute atomic E-state index is 12.7. The standard InChI is InChI=1S/C26H30N4O/c1-19-8-7-11-23(18-19)25-27-21(3)20(2)26(28-25)30-16-14-29(15-17-30)24(31)13-12-22-9-5-4-6-10-22/h4-11,18H,12-17H2,1-3H3. The molecule has 1 aromatic heterocycles. The topological polar surface area (TPSA) is 49.3 Å². The van der Waals surface area contributed by atoms with Gasteiger partial charge in [-0.3, -0.25) is 4.79 Å². The molecule has 0 bridgehead atoms. The quantitative estimate of drug-likeness (QED) is 0.623. The van der Waals surface area contributed by atoms with Crippen molar-refractivity contribution in [1.82, 2.24) is 14.9 Å². The highest BCUT2D eigenvalue weighted by atomic mass is 16.2. The summed E-state index contributed by atoms with van der Waals surface area (Å²) in [5.74, 6) is 1.99. The summed E-state index contributed by atoms with van der Waals surface area (Å²) < 4.78 is 0. The summed E-state index contributed by atoms with van der Waals surface area (Å²) in [6.07, 6.45) is 1.36. The number of rotatable bonds is 5. The van der Waals surface area contributed by atoms with E-state index >= 15 is 0 Å². The lowest BCUT2D eigenvalue weighted by atomic mass is 10.1. The molecule has 0 spiro atoms. The molecule has 4 rings (SSSR count). The smallest absolute Gasteiger partial charge is 0.223 e. The Hall–Kier alpha value is -3.21. The first-order valence-corrected chi connectivity index (χ1v) is 11.0. The Morgan fingerprint density at radius 1 is 0.903 bits per heavy atom. The zero-order chi connectivity index (χ0) is 21.8. The zero-order valence-electron chi connectivity index (χ0n) is 18.6. The lowest BCUT2D eigenvalue weighted by Crippen LogP contribution is -2.49. The molecule has 5 nitrogen and oxygen atoms in total. The monoisotopic (exact) mass is 414 g/mol. The SMILES string of the molecule is Cc1cccc(-c2nc(C)c(C)c(N3CCN(C(=O)CCc4ccccc4)CC3)n2)c1. The number of aryl methyl sites for hydroxylation is 3. The van der Waals surface area contributed by atoms with Crippen LogP contribution in [0.15, 0.2) is 54.6 Å². The van der Waals surface area contributed by atoms with Gasteiger partial charge in [-0.05, 0) is 38.8 Å². The first kappa shape index (κ1) is 21.0. The van der Waals surface area contributed by atoms with Gasteiger partial charge in [0.25, 0.3) is 0 Å². The van der Waals surface area contributed by atoms with Crippen molar-refractivity contribution in [3.63, 3.8) is 0 Å². The van der Waals surface area contributed by atoms with Crippen molar-refractivity contribution in [2.75, 3.05) is 31.1 Å². The van der Waals surface area contributed by atoms with Gasteiger partial charge in [0, 0.05) is 49.4 Å². The van der Waals surface area contributed by atoms with Gasteiger partial charge in [0.05, 0.1) is 0 Å². The van der Waals surface area contributed by atoms with Crippen molar-refractivity contribution in [3.05, 3.63) is 77.0 Å². The number of amides is 1. The van der Waals surface area contributed by atoms with Gasteiger partial charge in [-0.1, -0.05) is 54.1 Å². The molecule has 1 aliphatic rings. The van der Waals surface area contributed by atoms with Gasteiger partial charge in [-0.15, -0.1) is 0 Å². The molecule has 1 amide bonds. The van der Waals surface area contributed by atoms with Crippen molar-refractivity contribution in [2.24, 2.45) is 0 Å². The molecule has 160 valence electrons. The number of piperazine rings is 1. The summed E-state index contributed by atoms with van der Waals surface area (Å²) in [5.41, 5.74) is 5.57. The van der Waals surface area contributed by atoms with Gasteiger partial charge in [0.2, 0.25) is 5.91 Å². The van der Waals surface area contributed by atoms with Crippen LogP contribution in [0, 0.1) is 20.8 Å². The second kappa shape index (κ2) is 9.29. The maximum atomic E-state index is 12.7. The first-order valence-electron chi connectivity index (χ1n) is 11.0. The molecule has 0 atom stereocenters. The molecule has 0 aliphatic carbocycles. The number of nitrogens with zero attached hydrogens (tertiary/aromatic N) is 4. The van der Waals surface area contributed by atoms with E-state index in [1.165, 1.54) is 11.1 Å². The zero-order valence-corrected chi connectivity index (χ0v) is 18.6. The molecular formula is C26H30N4O. The fourth-order valence-corrected chi connectivity index (χ4v) is 4.06. The summed E-state index contributed by atoms with van der Waals surface area (Å²) in [7, 11) is 0. The number of hydrogen-bond donors (Lipinski definition) is 0. The van der Waals surface area contributed by atoms with Gasteiger partial charge in [-0.2, -0.15) is 0 Å². The highest BCUT2D eigenvalue weighted by molar-refractivity contribution is 5.77. The van der Waals surface area contributed by atoms with Crippen LogP contribution in [0.3, 0.4) is 0 Å². The first-order chi connectivity index (χ1) is 15.0. The van der Waals surface area contributed by atoms with Gasteiger partial charge in [-0.25, -0.2) is 9.97 Å². The van der Waals surface area contributed by atoms with Crippen LogP contribution in [0.4, 0.5) is 5.82 Å². The second-order valence-electron chi connectivity index (χ2n) is 8.30.